The first kappa shape index (κ1) is 24.0. The van der Waals surface area contributed by atoms with Crippen LogP contribution in [0, 0.1) is 12.8 Å². The quantitative estimate of drug-likeness (QED) is 0.415. The minimum absolute atomic E-state index is 0.0856. The van der Waals surface area contributed by atoms with Gasteiger partial charge in [-0.3, -0.25) is 14.2 Å². The highest BCUT2D eigenvalue weighted by Crippen LogP contribution is 2.26. The molecule has 3 rings (SSSR count). The van der Waals surface area contributed by atoms with Gasteiger partial charge in [0.05, 0.1) is 22.6 Å². The third kappa shape index (κ3) is 5.04. The first-order chi connectivity index (χ1) is 15.2. The Morgan fingerprint density at radius 3 is 2.53 bits per heavy atom. The van der Waals surface area contributed by atoms with Crippen molar-refractivity contribution in [1.29, 1.82) is 0 Å². The molecular weight excluding hydrogens is 422 g/mol. The predicted molar refractivity (Wildman–Crippen MR) is 132 cm³/mol. The Morgan fingerprint density at radius 2 is 1.88 bits per heavy atom. The summed E-state index contributed by atoms with van der Waals surface area (Å²) in [5, 5.41) is 1.16. The maximum atomic E-state index is 13.7. The number of nitrogens with zero attached hydrogens (tertiary/aromatic N) is 3. The molecule has 0 aliphatic heterocycles. The SMILES string of the molecule is CCCC(=O)N(CCC(C)C)C(C)c1nc2ccccc2c(=O)n1-c1ccc(Cl)cc1C. The van der Waals surface area contributed by atoms with Gasteiger partial charge in [0.1, 0.15) is 5.82 Å². The fraction of sp³-hybridized carbons (Fsp3) is 0.423. The molecule has 3 aromatic rings. The van der Waals surface area contributed by atoms with Crippen molar-refractivity contribution in [2.45, 2.75) is 59.9 Å². The fourth-order valence-corrected chi connectivity index (χ4v) is 4.19. The van der Waals surface area contributed by atoms with Gasteiger partial charge in [0.15, 0.2) is 0 Å². The molecule has 0 saturated heterocycles. The van der Waals surface area contributed by atoms with Gasteiger partial charge in [-0.05, 0) is 68.5 Å². The molecule has 32 heavy (non-hydrogen) atoms. The topological polar surface area (TPSA) is 55.2 Å². The Hall–Kier alpha value is -2.66. The largest absolute Gasteiger partial charge is 0.333 e. The van der Waals surface area contributed by atoms with Crippen LogP contribution in [-0.4, -0.2) is 26.9 Å². The van der Waals surface area contributed by atoms with Crippen molar-refractivity contribution in [2.24, 2.45) is 5.92 Å². The molecule has 0 aliphatic carbocycles. The number of hydrogen-bond acceptors (Lipinski definition) is 3. The minimum atomic E-state index is -0.361. The van der Waals surface area contributed by atoms with Crippen LogP contribution in [0.4, 0.5) is 0 Å². The van der Waals surface area contributed by atoms with E-state index in [2.05, 4.69) is 13.8 Å². The number of aromatic nitrogens is 2. The van der Waals surface area contributed by atoms with Gasteiger partial charge in [-0.25, -0.2) is 4.98 Å². The molecule has 1 heterocycles. The molecule has 170 valence electrons. The van der Waals surface area contributed by atoms with E-state index < -0.39 is 0 Å². The van der Waals surface area contributed by atoms with E-state index >= 15 is 0 Å². The van der Waals surface area contributed by atoms with Crippen LogP contribution in [0.25, 0.3) is 16.6 Å². The van der Waals surface area contributed by atoms with Gasteiger partial charge in [0, 0.05) is 18.0 Å². The van der Waals surface area contributed by atoms with Crippen molar-refractivity contribution in [3.05, 3.63) is 69.2 Å². The molecule has 0 N–H and O–H groups in total. The molecule has 0 fully saturated rings. The summed E-state index contributed by atoms with van der Waals surface area (Å²) in [7, 11) is 0. The number of rotatable bonds is 8. The summed E-state index contributed by atoms with van der Waals surface area (Å²) in [6.45, 7) is 10.8. The lowest BCUT2D eigenvalue weighted by Crippen LogP contribution is -2.38. The van der Waals surface area contributed by atoms with E-state index in [-0.39, 0.29) is 17.5 Å². The summed E-state index contributed by atoms with van der Waals surface area (Å²) in [6, 6.07) is 12.5. The first-order valence-corrected chi connectivity index (χ1v) is 11.7. The molecule has 1 aromatic heterocycles. The van der Waals surface area contributed by atoms with E-state index in [0.29, 0.717) is 40.6 Å². The number of amides is 1. The van der Waals surface area contributed by atoms with Gasteiger partial charge in [-0.2, -0.15) is 0 Å². The Bertz CT molecular complexity index is 1170. The minimum Gasteiger partial charge on any atom is -0.333 e. The first-order valence-electron chi connectivity index (χ1n) is 11.3. The molecule has 0 aliphatic rings. The molecular formula is C26H32ClN3O2. The number of halogens is 1. The molecule has 0 radical (unpaired) electrons. The highest BCUT2D eigenvalue weighted by Gasteiger charge is 2.27. The molecule has 0 spiro atoms. The maximum absolute atomic E-state index is 13.7. The normalized spacial score (nSPS) is 12.3. The Kier molecular flexibility index (Phi) is 7.73. The molecule has 1 atom stereocenters. The van der Waals surface area contributed by atoms with E-state index in [4.69, 9.17) is 16.6 Å². The van der Waals surface area contributed by atoms with Crippen LogP contribution in [0.15, 0.2) is 47.3 Å². The van der Waals surface area contributed by atoms with E-state index in [1.165, 1.54) is 0 Å². The summed E-state index contributed by atoms with van der Waals surface area (Å²) in [6.07, 6.45) is 2.13. The van der Waals surface area contributed by atoms with Gasteiger partial charge in [-0.1, -0.05) is 44.5 Å². The molecule has 0 saturated carbocycles. The highest BCUT2D eigenvalue weighted by molar-refractivity contribution is 6.30. The smallest absolute Gasteiger partial charge is 0.266 e. The van der Waals surface area contributed by atoms with Gasteiger partial charge >= 0.3 is 0 Å². The second kappa shape index (κ2) is 10.3. The molecule has 1 unspecified atom stereocenters. The summed E-state index contributed by atoms with van der Waals surface area (Å²) < 4.78 is 1.65. The number of benzene rings is 2. The van der Waals surface area contributed by atoms with Crippen LogP contribution in [0.3, 0.4) is 0 Å². The summed E-state index contributed by atoms with van der Waals surface area (Å²) in [4.78, 5) is 33.5. The molecule has 6 heteroatoms. The Balaban J connectivity index is 2.24. The van der Waals surface area contributed by atoms with Crippen LogP contribution >= 0.6 is 11.6 Å². The molecule has 2 aromatic carbocycles. The van der Waals surface area contributed by atoms with Gasteiger partial charge in [0.2, 0.25) is 5.91 Å². The number of para-hydroxylation sites is 1. The lowest BCUT2D eigenvalue weighted by Gasteiger charge is -2.31. The van der Waals surface area contributed by atoms with Gasteiger partial charge < -0.3 is 4.90 Å². The second-order valence-electron chi connectivity index (χ2n) is 8.75. The average Bonchev–Trinajstić information content (AvgIpc) is 2.74. The zero-order valence-electron chi connectivity index (χ0n) is 19.6. The average molecular weight is 454 g/mol. The van der Waals surface area contributed by atoms with Crippen molar-refractivity contribution in [1.82, 2.24) is 14.5 Å². The summed E-state index contributed by atoms with van der Waals surface area (Å²) in [5.41, 5.74) is 2.09. The second-order valence-corrected chi connectivity index (χ2v) is 9.19. The van der Waals surface area contributed by atoms with Crippen LogP contribution < -0.4 is 5.56 Å². The molecule has 5 nitrogen and oxygen atoms in total. The predicted octanol–water partition coefficient (Wildman–Crippen LogP) is 6.08. The number of hydrogen-bond donors (Lipinski definition) is 0. The van der Waals surface area contributed by atoms with E-state index in [1.807, 2.05) is 56.0 Å². The van der Waals surface area contributed by atoms with Crippen molar-refractivity contribution >= 4 is 28.4 Å². The number of carbonyl (C=O) groups is 1. The Labute approximate surface area is 195 Å². The standard InChI is InChI=1S/C26H32ClN3O2/c1-6-9-24(31)29(15-14-17(2)3)19(5)25-28-22-11-8-7-10-21(22)26(32)30(25)23-13-12-20(27)16-18(23)4/h7-8,10-13,16-17,19H,6,9,14-15H2,1-5H3. The third-order valence-corrected chi connectivity index (χ3v) is 6.01. The highest BCUT2D eigenvalue weighted by atomic mass is 35.5. The van der Waals surface area contributed by atoms with Crippen molar-refractivity contribution in [3.63, 3.8) is 0 Å². The number of carbonyl (C=O) groups excluding carboxylic acids is 1. The van der Waals surface area contributed by atoms with Crippen LogP contribution in [0.2, 0.25) is 5.02 Å². The maximum Gasteiger partial charge on any atom is 0.266 e. The van der Waals surface area contributed by atoms with E-state index in [9.17, 15) is 9.59 Å². The van der Waals surface area contributed by atoms with Crippen molar-refractivity contribution in [2.75, 3.05) is 6.54 Å². The zero-order chi connectivity index (χ0) is 23.4. The van der Waals surface area contributed by atoms with Crippen LogP contribution in [-0.2, 0) is 4.79 Å². The number of aryl methyl sites for hydroxylation is 1. The van der Waals surface area contributed by atoms with Gasteiger partial charge in [0.25, 0.3) is 5.56 Å². The van der Waals surface area contributed by atoms with Crippen molar-refractivity contribution in [3.8, 4) is 5.69 Å². The van der Waals surface area contributed by atoms with Crippen LogP contribution in [0.5, 0.6) is 0 Å². The van der Waals surface area contributed by atoms with Crippen molar-refractivity contribution < 1.29 is 4.79 Å². The number of fused-ring (bicyclic) bond motifs is 1. The summed E-state index contributed by atoms with van der Waals surface area (Å²) >= 11 is 6.18. The summed E-state index contributed by atoms with van der Waals surface area (Å²) in [5.74, 6) is 1.11. The lowest BCUT2D eigenvalue weighted by atomic mass is 10.1. The fourth-order valence-electron chi connectivity index (χ4n) is 3.96. The lowest BCUT2D eigenvalue weighted by molar-refractivity contribution is -0.133. The van der Waals surface area contributed by atoms with E-state index in [0.717, 1.165) is 24.1 Å². The zero-order valence-corrected chi connectivity index (χ0v) is 20.3. The monoisotopic (exact) mass is 453 g/mol. The Morgan fingerprint density at radius 1 is 1.16 bits per heavy atom. The molecule has 1 amide bonds. The van der Waals surface area contributed by atoms with E-state index in [1.54, 1.807) is 16.7 Å². The molecule has 0 bridgehead atoms. The third-order valence-electron chi connectivity index (χ3n) is 5.77. The van der Waals surface area contributed by atoms with Gasteiger partial charge in [-0.15, -0.1) is 0 Å². The van der Waals surface area contributed by atoms with Crippen LogP contribution in [0.1, 0.15) is 64.4 Å².